The van der Waals surface area contributed by atoms with E-state index in [0.717, 1.165) is 4.31 Å². The molecule has 0 aliphatic rings. The number of sulfonamides is 1. The molecule has 0 aliphatic heterocycles. The summed E-state index contributed by atoms with van der Waals surface area (Å²) < 4.78 is 26.0. The molecule has 0 N–H and O–H groups in total. The van der Waals surface area contributed by atoms with Crippen molar-refractivity contribution in [3.8, 4) is 0 Å². The molecule has 6 nitrogen and oxygen atoms in total. The average molecular weight is 341 g/mol. The first-order valence-electron chi connectivity index (χ1n) is 6.26. The number of halogens is 1. The van der Waals surface area contributed by atoms with Gasteiger partial charge in [0.2, 0.25) is 10.0 Å². The van der Waals surface area contributed by atoms with Gasteiger partial charge in [-0.1, -0.05) is 35.9 Å². The Bertz CT molecular complexity index is 808. The van der Waals surface area contributed by atoms with Crippen LogP contribution in [-0.2, 0) is 15.8 Å². The molecule has 0 spiro atoms. The first kappa shape index (κ1) is 16.3. The molecule has 116 valence electrons. The molecule has 0 aromatic heterocycles. The SMILES string of the molecule is CN(c1cccc(Cl)c1)S(=O)(=O)Cc1ccccc1[N+](=O)[O-]. The van der Waals surface area contributed by atoms with E-state index in [1.165, 1.54) is 31.3 Å². The highest BCUT2D eigenvalue weighted by Crippen LogP contribution is 2.25. The molecule has 0 heterocycles. The van der Waals surface area contributed by atoms with E-state index < -0.39 is 20.7 Å². The second-order valence-electron chi connectivity index (χ2n) is 4.59. The van der Waals surface area contributed by atoms with E-state index >= 15 is 0 Å². The Hall–Kier alpha value is -2.12. The Morgan fingerprint density at radius 3 is 2.50 bits per heavy atom. The normalized spacial score (nSPS) is 11.2. The first-order chi connectivity index (χ1) is 10.3. The second-order valence-corrected chi connectivity index (χ2v) is 7.03. The second kappa shape index (κ2) is 6.33. The largest absolute Gasteiger partial charge is 0.273 e. The molecule has 0 fully saturated rings. The molecule has 0 saturated carbocycles. The Labute approximate surface area is 133 Å². The molecule has 0 atom stereocenters. The predicted octanol–water partition coefficient (Wildman–Crippen LogP) is 3.21. The molecular weight excluding hydrogens is 328 g/mol. The van der Waals surface area contributed by atoms with E-state index in [9.17, 15) is 18.5 Å². The summed E-state index contributed by atoms with van der Waals surface area (Å²) in [4.78, 5) is 10.4. The minimum absolute atomic E-state index is 0.140. The first-order valence-corrected chi connectivity index (χ1v) is 8.24. The van der Waals surface area contributed by atoms with Gasteiger partial charge in [0.1, 0.15) is 5.75 Å². The van der Waals surface area contributed by atoms with Gasteiger partial charge in [-0.15, -0.1) is 0 Å². The van der Waals surface area contributed by atoms with Gasteiger partial charge in [0.15, 0.2) is 0 Å². The van der Waals surface area contributed by atoms with Crippen molar-refractivity contribution in [1.29, 1.82) is 0 Å². The number of benzene rings is 2. The summed E-state index contributed by atoms with van der Waals surface area (Å²) in [5, 5.41) is 11.4. The summed E-state index contributed by atoms with van der Waals surface area (Å²) in [5.41, 5.74) is 0.318. The van der Waals surface area contributed by atoms with Crippen molar-refractivity contribution in [2.75, 3.05) is 11.4 Å². The van der Waals surface area contributed by atoms with Crippen LogP contribution in [0.25, 0.3) is 0 Å². The smallest absolute Gasteiger partial charge is 0.273 e. The molecule has 0 amide bonds. The summed E-state index contributed by atoms with van der Waals surface area (Å²) in [5.74, 6) is -0.465. The molecule has 0 aliphatic carbocycles. The van der Waals surface area contributed by atoms with Crippen LogP contribution in [0, 0.1) is 10.1 Å². The molecule has 2 rings (SSSR count). The Morgan fingerprint density at radius 1 is 1.18 bits per heavy atom. The van der Waals surface area contributed by atoms with Crippen molar-refractivity contribution in [2.45, 2.75) is 5.75 Å². The molecule has 2 aromatic carbocycles. The van der Waals surface area contributed by atoms with Crippen LogP contribution in [0.3, 0.4) is 0 Å². The van der Waals surface area contributed by atoms with Gasteiger partial charge in [0.25, 0.3) is 5.69 Å². The third-order valence-electron chi connectivity index (χ3n) is 3.12. The Kier molecular flexibility index (Phi) is 4.68. The zero-order valence-electron chi connectivity index (χ0n) is 11.6. The predicted molar refractivity (Wildman–Crippen MR) is 85.6 cm³/mol. The maximum Gasteiger partial charge on any atom is 0.273 e. The lowest BCUT2D eigenvalue weighted by molar-refractivity contribution is -0.385. The van der Waals surface area contributed by atoms with Gasteiger partial charge in [-0.25, -0.2) is 8.42 Å². The van der Waals surface area contributed by atoms with Crippen LogP contribution in [0.15, 0.2) is 48.5 Å². The number of nitro benzene ring substituents is 1. The quantitative estimate of drug-likeness (QED) is 0.618. The van der Waals surface area contributed by atoms with Crippen LogP contribution in [0.1, 0.15) is 5.56 Å². The van der Waals surface area contributed by atoms with E-state index in [2.05, 4.69) is 0 Å². The molecule has 0 radical (unpaired) electrons. The van der Waals surface area contributed by atoms with Gasteiger partial charge in [-0.3, -0.25) is 14.4 Å². The molecule has 0 bridgehead atoms. The maximum atomic E-state index is 12.4. The molecule has 22 heavy (non-hydrogen) atoms. The zero-order valence-corrected chi connectivity index (χ0v) is 13.2. The van der Waals surface area contributed by atoms with Gasteiger partial charge in [0, 0.05) is 23.7 Å². The number of anilines is 1. The minimum Gasteiger partial charge on any atom is -0.273 e. The van der Waals surface area contributed by atoms with Crippen molar-refractivity contribution >= 4 is 33.0 Å². The molecule has 0 unspecified atom stereocenters. The maximum absolute atomic E-state index is 12.4. The minimum atomic E-state index is -3.77. The summed E-state index contributed by atoms with van der Waals surface area (Å²) in [7, 11) is -2.38. The topological polar surface area (TPSA) is 80.5 Å². The van der Waals surface area contributed by atoms with Gasteiger partial charge in [0.05, 0.1) is 10.6 Å². The summed E-state index contributed by atoms with van der Waals surface area (Å²) in [6.07, 6.45) is 0. The van der Waals surface area contributed by atoms with Crippen molar-refractivity contribution in [2.24, 2.45) is 0 Å². The molecule has 2 aromatic rings. The molecular formula is C14H13ClN2O4S. The van der Waals surface area contributed by atoms with E-state index in [0.29, 0.717) is 10.7 Å². The van der Waals surface area contributed by atoms with E-state index in [1.54, 1.807) is 24.3 Å². The molecule has 0 saturated heterocycles. The highest BCUT2D eigenvalue weighted by atomic mass is 35.5. The van der Waals surface area contributed by atoms with Gasteiger partial charge in [-0.2, -0.15) is 0 Å². The number of nitro groups is 1. The summed E-state index contributed by atoms with van der Waals surface area (Å²) in [6, 6.07) is 12.2. The van der Waals surface area contributed by atoms with Crippen LogP contribution in [0.2, 0.25) is 5.02 Å². The monoisotopic (exact) mass is 340 g/mol. The van der Waals surface area contributed by atoms with Crippen LogP contribution < -0.4 is 4.31 Å². The highest BCUT2D eigenvalue weighted by molar-refractivity contribution is 7.92. The number of hydrogen-bond acceptors (Lipinski definition) is 4. The average Bonchev–Trinajstić information content (AvgIpc) is 2.46. The van der Waals surface area contributed by atoms with E-state index in [1.807, 2.05) is 0 Å². The fourth-order valence-electron chi connectivity index (χ4n) is 1.94. The van der Waals surface area contributed by atoms with Gasteiger partial charge < -0.3 is 0 Å². The number of nitrogens with zero attached hydrogens (tertiary/aromatic N) is 2. The van der Waals surface area contributed by atoms with Gasteiger partial charge >= 0.3 is 0 Å². The fourth-order valence-corrected chi connectivity index (χ4v) is 3.39. The van der Waals surface area contributed by atoms with Crippen molar-refractivity contribution in [1.82, 2.24) is 0 Å². The Morgan fingerprint density at radius 2 is 1.86 bits per heavy atom. The van der Waals surface area contributed by atoms with Crippen LogP contribution in [0.5, 0.6) is 0 Å². The van der Waals surface area contributed by atoms with Crippen LogP contribution in [-0.4, -0.2) is 20.4 Å². The highest BCUT2D eigenvalue weighted by Gasteiger charge is 2.24. The van der Waals surface area contributed by atoms with Crippen molar-refractivity contribution < 1.29 is 13.3 Å². The van der Waals surface area contributed by atoms with Crippen molar-refractivity contribution in [3.05, 3.63) is 69.2 Å². The van der Waals surface area contributed by atoms with Crippen LogP contribution in [0.4, 0.5) is 11.4 Å². The lowest BCUT2D eigenvalue weighted by Gasteiger charge is -2.19. The number of para-hydroxylation sites is 1. The third-order valence-corrected chi connectivity index (χ3v) is 5.07. The van der Waals surface area contributed by atoms with Crippen LogP contribution >= 0.6 is 11.6 Å². The fraction of sp³-hybridized carbons (Fsp3) is 0.143. The van der Waals surface area contributed by atoms with E-state index in [4.69, 9.17) is 11.6 Å². The third kappa shape index (κ3) is 3.55. The number of rotatable bonds is 5. The summed E-state index contributed by atoms with van der Waals surface area (Å²) >= 11 is 5.86. The van der Waals surface area contributed by atoms with Gasteiger partial charge in [-0.05, 0) is 18.2 Å². The molecule has 8 heteroatoms. The Balaban J connectivity index is 2.34. The summed E-state index contributed by atoms with van der Waals surface area (Å²) in [6.45, 7) is 0. The van der Waals surface area contributed by atoms with Crippen molar-refractivity contribution in [3.63, 3.8) is 0 Å². The lowest BCUT2D eigenvalue weighted by Crippen LogP contribution is -2.28. The number of hydrogen-bond donors (Lipinski definition) is 0. The standard InChI is InChI=1S/C14H13ClN2O4S/c1-16(13-7-4-6-12(15)9-13)22(20,21)10-11-5-2-3-8-14(11)17(18)19/h2-9H,10H2,1H3. The lowest BCUT2D eigenvalue weighted by atomic mass is 10.2. The zero-order chi connectivity index (χ0) is 16.3. The van der Waals surface area contributed by atoms with E-state index in [-0.39, 0.29) is 11.3 Å².